The van der Waals surface area contributed by atoms with Gasteiger partial charge in [-0.25, -0.2) is 4.39 Å². The standard InChI is InChI=1S/C24H31FN2O2/c1-4-5-16-26-24(29)19(3)27(17-21-8-6-7-9-22(21)25)23(28)15-14-20-12-10-18(2)11-13-20/h6-13,19H,4-5,14-17H2,1-3H3,(H,26,29). The van der Waals surface area contributed by atoms with Crippen molar-refractivity contribution in [3.8, 4) is 0 Å². The van der Waals surface area contributed by atoms with Crippen LogP contribution in [0.3, 0.4) is 0 Å². The molecule has 2 rings (SSSR count). The Morgan fingerprint density at radius 3 is 2.45 bits per heavy atom. The van der Waals surface area contributed by atoms with Crippen LogP contribution in [-0.2, 0) is 22.6 Å². The number of rotatable bonds is 10. The highest BCUT2D eigenvalue weighted by molar-refractivity contribution is 5.87. The number of hydrogen-bond donors (Lipinski definition) is 1. The molecule has 0 saturated heterocycles. The van der Waals surface area contributed by atoms with Crippen molar-refractivity contribution in [3.05, 3.63) is 71.0 Å². The van der Waals surface area contributed by atoms with Crippen molar-refractivity contribution in [2.24, 2.45) is 0 Å². The quantitative estimate of drug-likeness (QED) is 0.603. The maximum atomic E-state index is 14.2. The van der Waals surface area contributed by atoms with Crippen molar-refractivity contribution in [1.82, 2.24) is 10.2 Å². The Hall–Kier alpha value is -2.69. The minimum absolute atomic E-state index is 0.0712. The van der Waals surface area contributed by atoms with Crippen molar-refractivity contribution in [3.63, 3.8) is 0 Å². The van der Waals surface area contributed by atoms with Crippen LogP contribution in [0.4, 0.5) is 4.39 Å². The first-order valence-corrected chi connectivity index (χ1v) is 10.3. The predicted molar refractivity (Wildman–Crippen MR) is 114 cm³/mol. The van der Waals surface area contributed by atoms with Crippen LogP contribution in [0.15, 0.2) is 48.5 Å². The summed E-state index contributed by atoms with van der Waals surface area (Å²) in [6.07, 6.45) is 2.71. The van der Waals surface area contributed by atoms with E-state index in [0.717, 1.165) is 18.4 Å². The van der Waals surface area contributed by atoms with Crippen LogP contribution < -0.4 is 5.32 Å². The summed E-state index contributed by atoms with van der Waals surface area (Å²) in [6, 6.07) is 13.7. The zero-order valence-corrected chi connectivity index (χ0v) is 17.6. The van der Waals surface area contributed by atoms with E-state index in [4.69, 9.17) is 0 Å². The molecule has 0 heterocycles. The van der Waals surface area contributed by atoms with Gasteiger partial charge < -0.3 is 10.2 Å². The Balaban J connectivity index is 2.11. The molecule has 2 amide bonds. The molecule has 5 heteroatoms. The first kappa shape index (κ1) is 22.6. The molecule has 0 aliphatic carbocycles. The summed E-state index contributed by atoms with van der Waals surface area (Å²) in [5, 5.41) is 2.87. The second kappa shape index (κ2) is 11.3. The summed E-state index contributed by atoms with van der Waals surface area (Å²) in [7, 11) is 0. The average Bonchev–Trinajstić information content (AvgIpc) is 2.72. The second-order valence-electron chi connectivity index (χ2n) is 7.42. The number of unbranched alkanes of at least 4 members (excludes halogenated alkanes) is 1. The molecular formula is C24H31FN2O2. The van der Waals surface area contributed by atoms with Gasteiger partial charge in [-0.15, -0.1) is 0 Å². The Labute approximate surface area is 173 Å². The van der Waals surface area contributed by atoms with Gasteiger partial charge in [0.1, 0.15) is 11.9 Å². The monoisotopic (exact) mass is 398 g/mol. The van der Waals surface area contributed by atoms with Gasteiger partial charge >= 0.3 is 0 Å². The van der Waals surface area contributed by atoms with Crippen LogP contribution in [0.5, 0.6) is 0 Å². The highest BCUT2D eigenvalue weighted by Crippen LogP contribution is 2.15. The lowest BCUT2D eigenvalue weighted by Gasteiger charge is -2.29. The molecule has 0 aliphatic rings. The van der Waals surface area contributed by atoms with Crippen molar-refractivity contribution < 1.29 is 14.0 Å². The van der Waals surface area contributed by atoms with Gasteiger partial charge in [0.2, 0.25) is 11.8 Å². The van der Waals surface area contributed by atoms with Gasteiger partial charge in [0, 0.05) is 25.1 Å². The Morgan fingerprint density at radius 2 is 1.79 bits per heavy atom. The maximum Gasteiger partial charge on any atom is 0.242 e. The van der Waals surface area contributed by atoms with E-state index in [2.05, 4.69) is 12.2 Å². The van der Waals surface area contributed by atoms with Gasteiger partial charge in [-0.05, 0) is 38.3 Å². The molecule has 1 N–H and O–H groups in total. The molecule has 0 aliphatic heterocycles. The minimum Gasteiger partial charge on any atom is -0.354 e. The lowest BCUT2D eigenvalue weighted by molar-refractivity contribution is -0.140. The fraction of sp³-hybridized carbons (Fsp3) is 0.417. The third kappa shape index (κ3) is 7.00. The molecule has 29 heavy (non-hydrogen) atoms. The molecule has 156 valence electrons. The van der Waals surface area contributed by atoms with Gasteiger partial charge in [-0.2, -0.15) is 0 Å². The van der Waals surface area contributed by atoms with Crippen LogP contribution in [0.25, 0.3) is 0 Å². The van der Waals surface area contributed by atoms with Crippen LogP contribution in [0.1, 0.15) is 49.8 Å². The first-order chi connectivity index (χ1) is 13.9. The SMILES string of the molecule is CCCCNC(=O)C(C)N(Cc1ccccc1F)C(=O)CCc1ccc(C)cc1. The van der Waals surface area contributed by atoms with E-state index in [1.807, 2.05) is 31.2 Å². The molecule has 0 bridgehead atoms. The summed E-state index contributed by atoms with van der Waals surface area (Å²) in [5.74, 6) is -0.743. The number of hydrogen-bond acceptors (Lipinski definition) is 2. The molecule has 0 saturated carbocycles. The summed E-state index contributed by atoms with van der Waals surface area (Å²) < 4.78 is 14.2. The van der Waals surface area contributed by atoms with Crippen molar-refractivity contribution in [1.29, 1.82) is 0 Å². The number of halogens is 1. The summed E-state index contributed by atoms with van der Waals surface area (Å²) in [5.41, 5.74) is 2.64. The molecular weight excluding hydrogens is 367 g/mol. The highest BCUT2D eigenvalue weighted by Gasteiger charge is 2.26. The highest BCUT2D eigenvalue weighted by atomic mass is 19.1. The topological polar surface area (TPSA) is 49.4 Å². The number of carbonyl (C=O) groups is 2. The number of amides is 2. The third-order valence-electron chi connectivity index (χ3n) is 5.04. The molecule has 4 nitrogen and oxygen atoms in total. The number of nitrogens with zero attached hydrogens (tertiary/aromatic N) is 1. The molecule has 0 radical (unpaired) electrons. The maximum absolute atomic E-state index is 14.2. The van der Waals surface area contributed by atoms with Gasteiger partial charge in [0.15, 0.2) is 0 Å². The lowest BCUT2D eigenvalue weighted by atomic mass is 10.1. The fourth-order valence-corrected chi connectivity index (χ4v) is 3.08. The zero-order chi connectivity index (χ0) is 21.2. The number of nitrogens with one attached hydrogen (secondary N) is 1. The van der Waals surface area contributed by atoms with E-state index in [1.54, 1.807) is 25.1 Å². The van der Waals surface area contributed by atoms with Gasteiger partial charge in [0.05, 0.1) is 0 Å². The molecule has 1 atom stereocenters. The Kier molecular flexibility index (Phi) is 8.84. The molecule has 2 aromatic carbocycles. The molecule has 1 unspecified atom stereocenters. The molecule has 2 aromatic rings. The Bertz CT molecular complexity index is 805. The van der Waals surface area contributed by atoms with E-state index in [0.29, 0.717) is 18.5 Å². The van der Waals surface area contributed by atoms with E-state index in [-0.39, 0.29) is 30.6 Å². The van der Waals surface area contributed by atoms with Gasteiger partial charge in [0.25, 0.3) is 0 Å². The second-order valence-corrected chi connectivity index (χ2v) is 7.42. The summed E-state index contributed by atoms with van der Waals surface area (Å²) in [4.78, 5) is 27.0. The lowest BCUT2D eigenvalue weighted by Crippen LogP contribution is -2.48. The van der Waals surface area contributed by atoms with Crippen LogP contribution >= 0.6 is 0 Å². The van der Waals surface area contributed by atoms with Crippen LogP contribution in [0.2, 0.25) is 0 Å². The van der Waals surface area contributed by atoms with E-state index < -0.39 is 6.04 Å². The van der Waals surface area contributed by atoms with Crippen molar-refractivity contribution in [2.45, 2.75) is 59.0 Å². The summed E-state index contributed by atoms with van der Waals surface area (Å²) in [6.45, 7) is 6.41. The van der Waals surface area contributed by atoms with Gasteiger partial charge in [-0.1, -0.05) is 61.4 Å². The van der Waals surface area contributed by atoms with Crippen molar-refractivity contribution >= 4 is 11.8 Å². The normalized spacial score (nSPS) is 11.7. The Morgan fingerprint density at radius 1 is 1.10 bits per heavy atom. The third-order valence-corrected chi connectivity index (χ3v) is 5.04. The van der Waals surface area contributed by atoms with E-state index in [9.17, 15) is 14.0 Å². The van der Waals surface area contributed by atoms with Crippen molar-refractivity contribution in [2.75, 3.05) is 6.54 Å². The predicted octanol–water partition coefficient (Wildman–Crippen LogP) is 4.40. The molecule has 0 spiro atoms. The summed E-state index contributed by atoms with van der Waals surface area (Å²) >= 11 is 0. The zero-order valence-electron chi connectivity index (χ0n) is 17.6. The first-order valence-electron chi connectivity index (χ1n) is 10.3. The average molecular weight is 399 g/mol. The largest absolute Gasteiger partial charge is 0.354 e. The number of aryl methyl sites for hydroxylation is 2. The minimum atomic E-state index is -0.669. The smallest absolute Gasteiger partial charge is 0.242 e. The molecule has 0 aromatic heterocycles. The fourth-order valence-electron chi connectivity index (χ4n) is 3.08. The number of carbonyl (C=O) groups excluding carboxylic acids is 2. The molecule has 0 fully saturated rings. The van der Waals surface area contributed by atoms with E-state index >= 15 is 0 Å². The van der Waals surface area contributed by atoms with E-state index in [1.165, 1.54) is 16.5 Å². The van der Waals surface area contributed by atoms with Crippen LogP contribution in [-0.4, -0.2) is 29.3 Å². The number of benzene rings is 2. The van der Waals surface area contributed by atoms with Gasteiger partial charge in [-0.3, -0.25) is 9.59 Å². The van der Waals surface area contributed by atoms with Crippen LogP contribution in [0, 0.1) is 12.7 Å².